The van der Waals surface area contributed by atoms with Crippen LogP contribution in [0.25, 0.3) is 0 Å². The lowest BCUT2D eigenvalue weighted by atomic mass is 9.86. The van der Waals surface area contributed by atoms with E-state index < -0.39 is 30.1 Å². The number of hydrogen-bond acceptors (Lipinski definition) is 6. The molecule has 2 bridgehead atoms. The van der Waals surface area contributed by atoms with Crippen molar-refractivity contribution in [3.63, 3.8) is 0 Å². The summed E-state index contributed by atoms with van der Waals surface area (Å²) in [4.78, 5) is 38.7. The maximum Gasteiger partial charge on any atom is 0.408 e. The third kappa shape index (κ3) is 7.24. The molecule has 3 saturated heterocycles. The van der Waals surface area contributed by atoms with E-state index in [1.807, 2.05) is 54.6 Å². The van der Waals surface area contributed by atoms with Crippen molar-refractivity contribution in [2.45, 2.75) is 44.6 Å². The summed E-state index contributed by atoms with van der Waals surface area (Å²) >= 11 is 0. The largest absolute Gasteiger partial charge is 0.489 e. The van der Waals surface area contributed by atoms with Crippen LogP contribution in [0.4, 0.5) is 4.79 Å². The van der Waals surface area contributed by atoms with Crippen molar-refractivity contribution in [3.8, 4) is 5.75 Å². The molecule has 0 radical (unpaired) electrons. The number of rotatable bonds is 10. The van der Waals surface area contributed by atoms with E-state index in [0.717, 1.165) is 49.2 Å². The Morgan fingerprint density at radius 2 is 1.63 bits per heavy atom. The summed E-state index contributed by atoms with van der Waals surface area (Å²) in [6.45, 7) is 4.64. The summed E-state index contributed by atoms with van der Waals surface area (Å²) < 4.78 is 12.0. The maximum atomic E-state index is 13.1. The van der Waals surface area contributed by atoms with E-state index in [0.29, 0.717) is 17.2 Å². The van der Waals surface area contributed by atoms with E-state index in [1.165, 1.54) is 6.92 Å². The van der Waals surface area contributed by atoms with E-state index in [-0.39, 0.29) is 12.7 Å². The molecule has 0 spiro atoms. The van der Waals surface area contributed by atoms with Gasteiger partial charge in [-0.05, 0) is 79.7 Å². The van der Waals surface area contributed by atoms with Crippen molar-refractivity contribution in [1.82, 2.24) is 15.5 Å². The quantitative estimate of drug-likeness (QED) is 0.339. The molecule has 2 amide bonds. The zero-order chi connectivity index (χ0) is 28.8. The van der Waals surface area contributed by atoms with E-state index in [9.17, 15) is 14.4 Å². The van der Waals surface area contributed by atoms with E-state index >= 15 is 0 Å². The molecule has 3 atom stereocenters. The van der Waals surface area contributed by atoms with Gasteiger partial charge in [-0.25, -0.2) is 4.79 Å². The number of nitrogens with one attached hydrogen (secondary N) is 2. The molecule has 3 N–H and O–H groups in total. The van der Waals surface area contributed by atoms with Crippen LogP contribution in [0.1, 0.15) is 52.9 Å². The summed E-state index contributed by atoms with van der Waals surface area (Å²) in [5.74, 6) is -0.490. The highest BCUT2D eigenvalue weighted by Crippen LogP contribution is 2.30. The Kier molecular flexibility index (Phi) is 8.84. The average Bonchev–Trinajstić information content (AvgIpc) is 3.00. The van der Waals surface area contributed by atoms with Crippen molar-refractivity contribution in [2.75, 3.05) is 19.6 Å². The standard InChI is InChI=1S/C32H35N3O6/c1-21(31(37)38)33-30(36)25-12-10-22(11-13-25)20-40-27-9-5-8-26(18-27)29(24-6-3-2-4-7-24)34-32(39)41-28-19-35-16-14-23(28)15-17-35/h2-13,18,21,23,28-29H,14-17,19-20H2,1H3,(H,33,36)(H,34,39)(H,37,38)/t21?,28-,29-/m0/s1. The molecule has 3 aliphatic rings. The van der Waals surface area contributed by atoms with E-state index in [4.69, 9.17) is 14.6 Å². The minimum absolute atomic E-state index is 0.0818. The Morgan fingerprint density at radius 1 is 0.927 bits per heavy atom. The van der Waals surface area contributed by atoms with E-state index in [2.05, 4.69) is 15.5 Å². The molecule has 41 heavy (non-hydrogen) atoms. The van der Waals surface area contributed by atoms with Crippen LogP contribution >= 0.6 is 0 Å². The highest BCUT2D eigenvalue weighted by Gasteiger charge is 2.36. The Morgan fingerprint density at radius 3 is 2.29 bits per heavy atom. The van der Waals surface area contributed by atoms with Crippen LogP contribution in [0.2, 0.25) is 0 Å². The number of fused-ring (bicyclic) bond motifs is 3. The SMILES string of the molecule is CC(NC(=O)c1ccc(COc2cccc([C@@H](NC(=O)O[C@H]3CN4CCC3CC4)c3ccccc3)c2)cc1)C(=O)O. The summed E-state index contributed by atoms with van der Waals surface area (Å²) in [6, 6.07) is 22.8. The Balaban J connectivity index is 1.23. The van der Waals surface area contributed by atoms with Crippen LogP contribution in [0.5, 0.6) is 5.75 Å². The normalized spacial score (nSPS) is 20.9. The molecule has 0 aromatic heterocycles. The molecule has 0 saturated carbocycles. The molecule has 3 fully saturated rings. The molecule has 6 rings (SSSR count). The van der Waals surface area contributed by atoms with Gasteiger partial charge in [0.2, 0.25) is 0 Å². The van der Waals surface area contributed by atoms with Crippen LogP contribution in [0.15, 0.2) is 78.9 Å². The predicted octanol–water partition coefficient (Wildman–Crippen LogP) is 4.38. The number of benzene rings is 3. The topological polar surface area (TPSA) is 117 Å². The second kappa shape index (κ2) is 12.9. The van der Waals surface area contributed by atoms with Gasteiger partial charge in [0.15, 0.2) is 0 Å². The highest BCUT2D eigenvalue weighted by molar-refractivity contribution is 5.96. The van der Waals surface area contributed by atoms with Crippen molar-refractivity contribution in [1.29, 1.82) is 0 Å². The Bertz CT molecular complexity index is 1360. The number of hydrogen-bond donors (Lipinski definition) is 3. The Hall–Kier alpha value is -4.37. The first-order valence-electron chi connectivity index (χ1n) is 14.0. The fourth-order valence-corrected chi connectivity index (χ4v) is 5.38. The fourth-order valence-electron chi connectivity index (χ4n) is 5.38. The van der Waals surface area contributed by atoms with Crippen molar-refractivity contribution >= 4 is 18.0 Å². The molecule has 9 nitrogen and oxygen atoms in total. The van der Waals surface area contributed by atoms with Gasteiger partial charge in [-0.15, -0.1) is 0 Å². The number of carbonyl (C=O) groups is 3. The number of carboxylic acid groups (broad SMARTS) is 1. The molecule has 3 aromatic carbocycles. The van der Waals surface area contributed by atoms with Gasteiger partial charge in [0, 0.05) is 12.1 Å². The number of carboxylic acids is 1. The van der Waals surface area contributed by atoms with Gasteiger partial charge < -0.3 is 25.2 Å². The lowest BCUT2D eigenvalue weighted by Gasteiger charge is -2.43. The number of carbonyl (C=O) groups excluding carboxylic acids is 2. The van der Waals surface area contributed by atoms with Gasteiger partial charge in [-0.2, -0.15) is 0 Å². The van der Waals surface area contributed by atoms with E-state index in [1.54, 1.807) is 24.3 Å². The summed E-state index contributed by atoms with van der Waals surface area (Å²) in [6.07, 6.45) is 1.63. The third-order valence-corrected chi connectivity index (χ3v) is 7.78. The number of amides is 2. The summed E-state index contributed by atoms with van der Waals surface area (Å²) in [7, 11) is 0. The fraction of sp³-hybridized carbons (Fsp3) is 0.344. The highest BCUT2D eigenvalue weighted by atomic mass is 16.6. The number of nitrogens with zero attached hydrogens (tertiary/aromatic N) is 1. The van der Waals surface area contributed by atoms with Crippen LogP contribution in [-0.2, 0) is 16.1 Å². The molecule has 3 aromatic rings. The summed E-state index contributed by atoms with van der Waals surface area (Å²) in [5, 5.41) is 14.5. The zero-order valence-electron chi connectivity index (χ0n) is 23.0. The van der Waals surface area contributed by atoms with Gasteiger partial charge >= 0.3 is 12.1 Å². The Labute approximate surface area is 239 Å². The number of piperidine rings is 3. The number of alkyl carbamates (subject to hydrolysis) is 1. The van der Waals surface area contributed by atoms with Gasteiger partial charge in [-0.1, -0.05) is 54.6 Å². The average molecular weight is 558 g/mol. The molecule has 214 valence electrons. The maximum absolute atomic E-state index is 13.1. The van der Waals surface area contributed by atoms with Crippen LogP contribution in [-0.4, -0.2) is 59.8 Å². The second-order valence-electron chi connectivity index (χ2n) is 10.7. The van der Waals surface area contributed by atoms with Crippen LogP contribution < -0.4 is 15.4 Å². The van der Waals surface area contributed by atoms with Crippen LogP contribution in [0, 0.1) is 5.92 Å². The minimum Gasteiger partial charge on any atom is -0.489 e. The lowest BCUT2D eigenvalue weighted by Crippen LogP contribution is -2.52. The minimum atomic E-state index is -1.10. The molecular weight excluding hydrogens is 522 g/mol. The number of aliphatic carboxylic acids is 1. The van der Waals surface area contributed by atoms with Crippen molar-refractivity contribution in [3.05, 3.63) is 101 Å². The summed E-state index contributed by atoms with van der Waals surface area (Å²) in [5.41, 5.74) is 3.00. The molecule has 3 aliphatic heterocycles. The van der Waals surface area contributed by atoms with Crippen molar-refractivity contribution in [2.24, 2.45) is 5.92 Å². The zero-order valence-corrected chi connectivity index (χ0v) is 23.0. The molecule has 0 aliphatic carbocycles. The molecule has 1 unspecified atom stereocenters. The van der Waals surface area contributed by atoms with Gasteiger partial charge in [0.1, 0.15) is 24.5 Å². The molecule has 9 heteroatoms. The third-order valence-electron chi connectivity index (χ3n) is 7.78. The first kappa shape index (κ1) is 28.2. The monoisotopic (exact) mass is 557 g/mol. The van der Waals surface area contributed by atoms with Gasteiger partial charge in [0.25, 0.3) is 5.91 Å². The first-order valence-corrected chi connectivity index (χ1v) is 14.0. The molecular formula is C32H35N3O6. The molecule has 3 heterocycles. The van der Waals surface area contributed by atoms with Crippen LogP contribution in [0.3, 0.4) is 0 Å². The van der Waals surface area contributed by atoms with Crippen molar-refractivity contribution < 1.29 is 29.0 Å². The second-order valence-corrected chi connectivity index (χ2v) is 10.7. The van der Waals surface area contributed by atoms with Gasteiger partial charge in [-0.3, -0.25) is 14.5 Å². The smallest absolute Gasteiger partial charge is 0.408 e. The van der Waals surface area contributed by atoms with Gasteiger partial charge in [0.05, 0.1) is 6.04 Å². The predicted molar refractivity (Wildman–Crippen MR) is 153 cm³/mol. The number of ether oxygens (including phenoxy) is 2. The first-order chi connectivity index (χ1) is 19.9. The lowest BCUT2D eigenvalue weighted by molar-refractivity contribution is -0.138.